The Morgan fingerprint density at radius 3 is 2.56 bits per heavy atom. The van der Waals surface area contributed by atoms with Crippen LogP contribution in [-0.2, 0) is 6.61 Å². The summed E-state index contributed by atoms with van der Waals surface area (Å²) < 4.78 is 28.0. The van der Waals surface area contributed by atoms with Gasteiger partial charge in [0.25, 0.3) is 0 Å². The van der Waals surface area contributed by atoms with Gasteiger partial charge < -0.3 is 14.6 Å². The molecule has 1 N–H and O–H groups in total. The first kappa shape index (κ1) is 26.2. The van der Waals surface area contributed by atoms with E-state index in [1.807, 2.05) is 48.5 Å². The molecular formula is C33H23FN6O3. The lowest BCUT2D eigenvalue weighted by molar-refractivity contribution is 0.213. The molecule has 0 saturated heterocycles. The molecule has 9 nitrogen and oxygen atoms in total. The average molecular weight is 571 g/mol. The van der Waals surface area contributed by atoms with Crippen LogP contribution >= 0.6 is 0 Å². The molecule has 0 spiro atoms. The van der Waals surface area contributed by atoms with Gasteiger partial charge in [-0.25, -0.2) is 4.98 Å². The molecule has 0 amide bonds. The van der Waals surface area contributed by atoms with Crippen LogP contribution in [0.4, 0.5) is 4.39 Å². The van der Waals surface area contributed by atoms with E-state index in [0.717, 1.165) is 16.6 Å². The first-order valence-electron chi connectivity index (χ1n) is 13.5. The molecule has 0 radical (unpaired) electrons. The quantitative estimate of drug-likeness (QED) is 0.211. The third-order valence-corrected chi connectivity index (χ3v) is 6.92. The lowest BCUT2D eigenvalue weighted by Crippen LogP contribution is -2.05. The molecule has 4 aromatic heterocycles. The highest BCUT2D eigenvalue weighted by Crippen LogP contribution is 2.32. The van der Waals surface area contributed by atoms with Crippen LogP contribution in [0.2, 0.25) is 0 Å². The Labute approximate surface area is 244 Å². The maximum atomic E-state index is 14.1. The van der Waals surface area contributed by atoms with Crippen molar-refractivity contribution in [2.24, 2.45) is 0 Å². The third-order valence-electron chi connectivity index (χ3n) is 6.92. The molecule has 0 aliphatic rings. The summed E-state index contributed by atoms with van der Waals surface area (Å²) in [5.74, 6) is 1.48. The van der Waals surface area contributed by atoms with Crippen LogP contribution in [0.5, 0.6) is 17.2 Å². The van der Waals surface area contributed by atoms with Gasteiger partial charge in [0.15, 0.2) is 11.5 Å². The van der Waals surface area contributed by atoms with Gasteiger partial charge in [0.1, 0.15) is 30.0 Å². The summed E-state index contributed by atoms with van der Waals surface area (Å²) in [6.45, 7) is 0.149. The largest absolute Gasteiger partial charge is 0.485 e. The molecule has 0 saturated carbocycles. The van der Waals surface area contributed by atoms with Gasteiger partial charge in [-0.15, -0.1) is 10.2 Å². The number of pyridine rings is 2. The van der Waals surface area contributed by atoms with E-state index in [9.17, 15) is 9.50 Å². The van der Waals surface area contributed by atoms with Gasteiger partial charge in [-0.3, -0.25) is 4.98 Å². The van der Waals surface area contributed by atoms with Gasteiger partial charge in [-0.05, 0) is 60.2 Å². The monoisotopic (exact) mass is 570 g/mol. The Kier molecular flexibility index (Phi) is 6.86. The molecule has 3 aromatic carbocycles. The van der Waals surface area contributed by atoms with Crippen LogP contribution in [-0.4, -0.2) is 34.9 Å². The minimum Gasteiger partial charge on any atom is -0.485 e. The number of aromatic nitrogens is 6. The zero-order valence-electron chi connectivity index (χ0n) is 22.6. The van der Waals surface area contributed by atoms with Gasteiger partial charge in [-0.1, -0.05) is 42.5 Å². The predicted molar refractivity (Wildman–Crippen MR) is 157 cm³/mol. The number of fused-ring (bicyclic) bond motifs is 2. The Hall–Kier alpha value is -5.74. The van der Waals surface area contributed by atoms with E-state index < -0.39 is 12.1 Å². The van der Waals surface area contributed by atoms with E-state index in [-0.39, 0.29) is 12.2 Å². The van der Waals surface area contributed by atoms with Crippen LogP contribution in [0, 0.1) is 5.95 Å². The van der Waals surface area contributed by atoms with Crippen molar-refractivity contribution in [1.29, 1.82) is 0 Å². The number of hydrogen-bond donors (Lipinski definition) is 1. The molecule has 0 aliphatic carbocycles. The number of benzene rings is 3. The SMILES string of the molecule is OC(c1cccc(Oc2ccc3c(OCc4nnc5ccc(-c6ccccc6)nn45)ccnc3c2)c1)c1cccnc1F. The van der Waals surface area contributed by atoms with Crippen molar-refractivity contribution in [1.82, 2.24) is 29.8 Å². The molecule has 4 heterocycles. The summed E-state index contributed by atoms with van der Waals surface area (Å²) in [5, 5.41) is 24.7. The van der Waals surface area contributed by atoms with Crippen LogP contribution in [0.25, 0.3) is 27.8 Å². The van der Waals surface area contributed by atoms with Crippen LogP contribution < -0.4 is 9.47 Å². The van der Waals surface area contributed by atoms with Crippen molar-refractivity contribution < 1.29 is 19.0 Å². The van der Waals surface area contributed by atoms with Crippen LogP contribution in [0.1, 0.15) is 23.1 Å². The molecule has 43 heavy (non-hydrogen) atoms. The minimum atomic E-state index is -1.18. The molecule has 1 unspecified atom stereocenters. The van der Waals surface area contributed by atoms with E-state index in [1.165, 1.54) is 12.3 Å². The molecular weight excluding hydrogens is 547 g/mol. The van der Waals surface area contributed by atoms with Gasteiger partial charge in [0.05, 0.1) is 11.2 Å². The van der Waals surface area contributed by atoms with Crippen molar-refractivity contribution in [2.75, 3.05) is 0 Å². The second-order valence-corrected chi connectivity index (χ2v) is 9.71. The van der Waals surface area contributed by atoms with Crippen LogP contribution in [0.3, 0.4) is 0 Å². The van der Waals surface area contributed by atoms with Gasteiger partial charge in [0, 0.05) is 35.0 Å². The molecule has 210 valence electrons. The van der Waals surface area contributed by atoms with E-state index in [1.54, 1.807) is 59.2 Å². The fourth-order valence-electron chi connectivity index (χ4n) is 4.79. The molecule has 0 fully saturated rings. The normalized spacial score (nSPS) is 12.0. The maximum absolute atomic E-state index is 14.1. The molecule has 0 aliphatic heterocycles. The predicted octanol–water partition coefficient (Wildman–Crippen LogP) is 6.33. The minimum absolute atomic E-state index is 0.0913. The molecule has 7 rings (SSSR count). The number of aliphatic hydroxyl groups is 1. The van der Waals surface area contributed by atoms with E-state index >= 15 is 0 Å². The molecule has 7 aromatic rings. The highest BCUT2D eigenvalue weighted by molar-refractivity contribution is 5.86. The highest BCUT2D eigenvalue weighted by atomic mass is 19.1. The maximum Gasteiger partial charge on any atom is 0.218 e. The molecule has 0 bridgehead atoms. The van der Waals surface area contributed by atoms with Crippen molar-refractivity contribution in [3.63, 3.8) is 0 Å². The zero-order valence-corrected chi connectivity index (χ0v) is 22.6. The Balaban J connectivity index is 1.10. The summed E-state index contributed by atoms with van der Waals surface area (Å²) in [6.07, 6.45) is 1.82. The molecule has 1 atom stereocenters. The van der Waals surface area contributed by atoms with Crippen molar-refractivity contribution in [2.45, 2.75) is 12.7 Å². The van der Waals surface area contributed by atoms with Crippen molar-refractivity contribution in [3.05, 3.63) is 138 Å². The van der Waals surface area contributed by atoms with Crippen molar-refractivity contribution >= 4 is 16.6 Å². The fraction of sp³-hybridized carbons (Fsp3) is 0.0606. The number of aliphatic hydroxyl groups excluding tert-OH is 1. The highest BCUT2D eigenvalue weighted by Gasteiger charge is 2.17. The Morgan fingerprint density at radius 2 is 1.67 bits per heavy atom. The number of rotatable bonds is 8. The van der Waals surface area contributed by atoms with Gasteiger partial charge in [-0.2, -0.15) is 14.0 Å². The topological polar surface area (TPSA) is 108 Å². The summed E-state index contributed by atoms with van der Waals surface area (Å²) in [5.41, 5.74) is 3.66. The summed E-state index contributed by atoms with van der Waals surface area (Å²) in [6, 6.07) is 30.9. The fourth-order valence-corrected chi connectivity index (χ4v) is 4.79. The van der Waals surface area contributed by atoms with Gasteiger partial charge in [0.2, 0.25) is 5.95 Å². The first-order chi connectivity index (χ1) is 21.1. The van der Waals surface area contributed by atoms with E-state index in [0.29, 0.717) is 39.8 Å². The Bertz CT molecular complexity index is 2070. The van der Waals surface area contributed by atoms with Gasteiger partial charge >= 0.3 is 0 Å². The number of halogens is 1. The Morgan fingerprint density at radius 1 is 0.791 bits per heavy atom. The lowest BCUT2D eigenvalue weighted by atomic mass is 10.0. The number of hydrogen-bond acceptors (Lipinski definition) is 8. The third kappa shape index (κ3) is 5.34. The van der Waals surface area contributed by atoms with E-state index in [2.05, 4.69) is 20.2 Å². The summed E-state index contributed by atoms with van der Waals surface area (Å²) in [7, 11) is 0. The average Bonchev–Trinajstić information content (AvgIpc) is 3.46. The summed E-state index contributed by atoms with van der Waals surface area (Å²) >= 11 is 0. The molecule has 10 heteroatoms. The lowest BCUT2D eigenvalue weighted by Gasteiger charge is -2.14. The summed E-state index contributed by atoms with van der Waals surface area (Å²) in [4.78, 5) is 8.11. The second-order valence-electron chi connectivity index (χ2n) is 9.71. The number of nitrogens with zero attached hydrogens (tertiary/aromatic N) is 6. The van der Waals surface area contributed by atoms with Crippen molar-refractivity contribution in [3.8, 4) is 28.5 Å². The smallest absolute Gasteiger partial charge is 0.218 e. The van der Waals surface area contributed by atoms with E-state index in [4.69, 9.17) is 14.6 Å². The standard InChI is InChI=1S/C33H23FN6O3/c34-33-26(10-5-16-36-33)32(41)22-8-4-9-23(18-22)43-24-11-12-25-28(19-24)35-17-15-29(25)42-20-31-38-37-30-14-13-27(39-40(30)31)21-6-2-1-3-7-21/h1-19,32,41H,20H2. The first-order valence-corrected chi connectivity index (χ1v) is 13.5. The number of ether oxygens (including phenoxy) is 2. The second kappa shape index (κ2) is 11.3. The van der Waals surface area contributed by atoms with Crippen LogP contribution in [0.15, 0.2) is 116 Å². The zero-order chi connectivity index (χ0) is 29.2.